The number of aryl methyl sites for hydroxylation is 2. The highest BCUT2D eigenvalue weighted by Gasteiger charge is 2.14. The van der Waals surface area contributed by atoms with Gasteiger partial charge in [-0.25, -0.2) is 4.98 Å². The number of halogens is 1. The second kappa shape index (κ2) is 5.57. The molecule has 3 heteroatoms. The molecule has 0 aliphatic heterocycles. The van der Waals surface area contributed by atoms with Gasteiger partial charge in [-0.15, -0.1) is 0 Å². The molecular formula is C17H20BrNO. The molecule has 0 fully saturated rings. The summed E-state index contributed by atoms with van der Waals surface area (Å²) in [5.74, 6) is 1.44. The maximum Gasteiger partial charge on any atom is 0.219 e. The Hall–Kier alpha value is -1.35. The third-order valence-corrected chi connectivity index (χ3v) is 4.49. The number of aromatic nitrogens is 1. The number of rotatable bonds is 2. The van der Waals surface area contributed by atoms with Gasteiger partial charge in [0, 0.05) is 16.7 Å². The third kappa shape index (κ3) is 3.40. The molecule has 0 N–H and O–H groups in total. The average molecular weight is 334 g/mol. The predicted molar refractivity (Wildman–Crippen MR) is 86.6 cm³/mol. The lowest BCUT2D eigenvalue weighted by Gasteiger charge is -2.18. The molecule has 0 unspecified atom stereocenters. The molecule has 106 valence electrons. The number of hydrogen-bond donors (Lipinski definition) is 0. The Morgan fingerprint density at radius 1 is 1.05 bits per heavy atom. The summed E-state index contributed by atoms with van der Waals surface area (Å²) in [7, 11) is 0. The van der Waals surface area contributed by atoms with Gasteiger partial charge in [0.2, 0.25) is 5.88 Å². The van der Waals surface area contributed by atoms with E-state index in [1.165, 1.54) is 5.56 Å². The molecule has 1 aromatic carbocycles. The standard InChI is InChI=1S/C17H20BrNO/c1-11-8-14(9-12(2)16(11)18)20-15-7-6-13(10-19-15)17(3,4)5/h6-10H,1-5H3. The number of hydrogen-bond acceptors (Lipinski definition) is 2. The monoisotopic (exact) mass is 333 g/mol. The minimum atomic E-state index is 0.107. The molecule has 0 spiro atoms. The Balaban J connectivity index is 2.23. The number of pyridine rings is 1. The van der Waals surface area contributed by atoms with Crippen molar-refractivity contribution in [3.8, 4) is 11.6 Å². The van der Waals surface area contributed by atoms with Crippen molar-refractivity contribution in [2.75, 3.05) is 0 Å². The lowest BCUT2D eigenvalue weighted by molar-refractivity contribution is 0.460. The Labute approximate surface area is 129 Å². The fourth-order valence-corrected chi connectivity index (χ4v) is 2.20. The highest BCUT2D eigenvalue weighted by atomic mass is 79.9. The van der Waals surface area contributed by atoms with Crippen LogP contribution in [0.4, 0.5) is 0 Å². The van der Waals surface area contributed by atoms with E-state index < -0.39 is 0 Å². The molecule has 2 nitrogen and oxygen atoms in total. The van der Waals surface area contributed by atoms with E-state index in [1.807, 2.05) is 24.4 Å². The first-order valence-electron chi connectivity index (χ1n) is 6.68. The second-order valence-electron chi connectivity index (χ2n) is 6.11. The van der Waals surface area contributed by atoms with Crippen molar-refractivity contribution in [1.82, 2.24) is 4.98 Å². The van der Waals surface area contributed by atoms with E-state index in [4.69, 9.17) is 4.74 Å². The molecule has 20 heavy (non-hydrogen) atoms. The topological polar surface area (TPSA) is 22.1 Å². The van der Waals surface area contributed by atoms with Crippen LogP contribution >= 0.6 is 15.9 Å². The van der Waals surface area contributed by atoms with Crippen molar-refractivity contribution in [2.24, 2.45) is 0 Å². The molecule has 0 bridgehead atoms. The van der Waals surface area contributed by atoms with Crippen molar-refractivity contribution in [3.05, 3.63) is 51.6 Å². The second-order valence-corrected chi connectivity index (χ2v) is 6.90. The summed E-state index contributed by atoms with van der Waals surface area (Å²) in [5.41, 5.74) is 3.63. The summed E-state index contributed by atoms with van der Waals surface area (Å²) < 4.78 is 6.96. The number of nitrogens with zero attached hydrogens (tertiary/aromatic N) is 1. The summed E-state index contributed by atoms with van der Waals surface area (Å²) in [5, 5.41) is 0. The van der Waals surface area contributed by atoms with Gasteiger partial charge >= 0.3 is 0 Å². The first kappa shape index (κ1) is 15.0. The lowest BCUT2D eigenvalue weighted by Crippen LogP contribution is -2.11. The average Bonchev–Trinajstić information content (AvgIpc) is 2.35. The molecule has 2 rings (SSSR count). The Morgan fingerprint density at radius 3 is 2.10 bits per heavy atom. The van der Waals surface area contributed by atoms with E-state index in [0.717, 1.165) is 21.3 Å². The molecule has 0 amide bonds. The van der Waals surface area contributed by atoms with Crippen LogP contribution in [0.3, 0.4) is 0 Å². The molecule has 0 atom stereocenters. The molecule has 0 aliphatic carbocycles. The van der Waals surface area contributed by atoms with Crippen molar-refractivity contribution >= 4 is 15.9 Å². The predicted octanol–water partition coefficient (Wildman–Crippen LogP) is 5.55. The van der Waals surface area contributed by atoms with Crippen LogP contribution in [0.2, 0.25) is 0 Å². The van der Waals surface area contributed by atoms with E-state index in [-0.39, 0.29) is 5.41 Å². The van der Waals surface area contributed by atoms with Gasteiger partial charge < -0.3 is 4.74 Å². The lowest BCUT2D eigenvalue weighted by atomic mass is 9.88. The highest BCUT2D eigenvalue weighted by molar-refractivity contribution is 9.10. The van der Waals surface area contributed by atoms with Crippen LogP contribution in [-0.4, -0.2) is 4.98 Å². The maximum atomic E-state index is 5.83. The van der Waals surface area contributed by atoms with Crippen molar-refractivity contribution in [2.45, 2.75) is 40.0 Å². The van der Waals surface area contributed by atoms with Gasteiger partial charge in [0.15, 0.2) is 0 Å². The summed E-state index contributed by atoms with van der Waals surface area (Å²) in [6, 6.07) is 8.01. The zero-order chi connectivity index (χ0) is 14.9. The summed E-state index contributed by atoms with van der Waals surface area (Å²) in [4.78, 5) is 4.39. The van der Waals surface area contributed by atoms with E-state index in [2.05, 4.69) is 61.6 Å². The molecule has 0 saturated heterocycles. The van der Waals surface area contributed by atoms with Gasteiger partial charge in [0.05, 0.1) is 0 Å². The Kier molecular flexibility index (Phi) is 4.19. The van der Waals surface area contributed by atoms with Crippen LogP contribution in [0.15, 0.2) is 34.9 Å². The minimum Gasteiger partial charge on any atom is -0.439 e. The molecule has 0 radical (unpaired) electrons. The van der Waals surface area contributed by atoms with Crippen molar-refractivity contribution < 1.29 is 4.74 Å². The minimum absolute atomic E-state index is 0.107. The highest BCUT2D eigenvalue weighted by Crippen LogP contribution is 2.29. The fraction of sp³-hybridized carbons (Fsp3) is 0.353. The summed E-state index contributed by atoms with van der Waals surface area (Å²) >= 11 is 3.56. The molecule has 0 aliphatic rings. The van der Waals surface area contributed by atoms with E-state index in [0.29, 0.717) is 5.88 Å². The zero-order valence-electron chi connectivity index (χ0n) is 12.6. The molecule has 1 aromatic heterocycles. The van der Waals surface area contributed by atoms with Crippen molar-refractivity contribution in [1.29, 1.82) is 0 Å². The Bertz CT molecular complexity index is 589. The smallest absolute Gasteiger partial charge is 0.219 e. The van der Waals surface area contributed by atoms with Crippen LogP contribution in [0.5, 0.6) is 11.6 Å². The zero-order valence-corrected chi connectivity index (χ0v) is 14.2. The van der Waals surface area contributed by atoms with E-state index >= 15 is 0 Å². The van der Waals surface area contributed by atoms with Gasteiger partial charge in [-0.1, -0.05) is 42.8 Å². The molecule has 1 heterocycles. The van der Waals surface area contributed by atoms with Crippen LogP contribution in [0, 0.1) is 13.8 Å². The molecule has 2 aromatic rings. The summed E-state index contributed by atoms with van der Waals surface area (Å²) in [6.07, 6.45) is 1.88. The van der Waals surface area contributed by atoms with Crippen LogP contribution in [0.25, 0.3) is 0 Å². The molecule has 0 saturated carbocycles. The van der Waals surface area contributed by atoms with Crippen molar-refractivity contribution in [3.63, 3.8) is 0 Å². The van der Waals surface area contributed by atoms with E-state index in [9.17, 15) is 0 Å². The van der Waals surface area contributed by atoms with Gasteiger partial charge in [-0.2, -0.15) is 0 Å². The van der Waals surface area contributed by atoms with Gasteiger partial charge in [0.1, 0.15) is 5.75 Å². The number of ether oxygens (including phenoxy) is 1. The summed E-state index contributed by atoms with van der Waals surface area (Å²) in [6.45, 7) is 10.6. The van der Waals surface area contributed by atoms with Crippen LogP contribution < -0.4 is 4.74 Å². The van der Waals surface area contributed by atoms with Gasteiger partial charge in [0.25, 0.3) is 0 Å². The Morgan fingerprint density at radius 2 is 1.65 bits per heavy atom. The van der Waals surface area contributed by atoms with Gasteiger partial charge in [-0.05, 0) is 48.1 Å². The number of benzene rings is 1. The largest absolute Gasteiger partial charge is 0.439 e. The van der Waals surface area contributed by atoms with Crippen LogP contribution in [-0.2, 0) is 5.41 Å². The SMILES string of the molecule is Cc1cc(Oc2ccc(C(C)(C)C)cn2)cc(C)c1Br. The fourth-order valence-electron chi connectivity index (χ4n) is 1.97. The molecular weight excluding hydrogens is 314 g/mol. The van der Waals surface area contributed by atoms with Gasteiger partial charge in [-0.3, -0.25) is 0 Å². The maximum absolute atomic E-state index is 5.83. The first-order valence-corrected chi connectivity index (χ1v) is 7.48. The quantitative estimate of drug-likeness (QED) is 0.718. The van der Waals surface area contributed by atoms with Crippen LogP contribution in [0.1, 0.15) is 37.5 Å². The third-order valence-electron chi connectivity index (χ3n) is 3.23. The first-order chi connectivity index (χ1) is 9.27. The van der Waals surface area contributed by atoms with E-state index in [1.54, 1.807) is 0 Å². The normalized spacial score (nSPS) is 11.5.